The number of hydrogen-bond acceptors (Lipinski definition) is 3. The Bertz CT molecular complexity index is 787. The van der Waals surface area contributed by atoms with Gasteiger partial charge in [-0.2, -0.15) is 0 Å². The zero-order chi connectivity index (χ0) is 16.1. The lowest BCUT2D eigenvalue weighted by Crippen LogP contribution is -2.20. The van der Waals surface area contributed by atoms with Gasteiger partial charge in [0.15, 0.2) is 0 Å². The van der Waals surface area contributed by atoms with Gasteiger partial charge in [-0.3, -0.25) is 4.57 Å². The predicted octanol–water partition coefficient (Wildman–Crippen LogP) is 3.77. The Kier molecular flexibility index (Phi) is 4.40. The fraction of sp³-hybridized carbons (Fsp3) is 0. The summed E-state index contributed by atoms with van der Waals surface area (Å²) in [5.41, 5.74) is 0.375. The Hall–Kier alpha value is -2.64. The monoisotopic (exact) mass is 322 g/mol. The minimum Gasteiger partial charge on any atom is -0.401 e. The number of carbonyl (C=O) groups excluding carboxylic acids is 1. The van der Waals surface area contributed by atoms with Crippen LogP contribution in [0.15, 0.2) is 91.0 Å². The van der Waals surface area contributed by atoms with E-state index in [1.54, 1.807) is 72.8 Å². The summed E-state index contributed by atoms with van der Waals surface area (Å²) in [4.78, 5) is 12.4. The van der Waals surface area contributed by atoms with Crippen molar-refractivity contribution in [1.82, 2.24) is 0 Å². The molecule has 0 fully saturated rings. The molecule has 0 saturated heterocycles. The molecule has 3 nitrogen and oxygen atoms in total. The average Bonchev–Trinajstić information content (AvgIpc) is 2.64. The summed E-state index contributed by atoms with van der Waals surface area (Å²) in [6.07, 6.45) is 0. The third kappa shape index (κ3) is 3.25. The highest BCUT2D eigenvalue weighted by atomic mass is 31.2. The second-order valence-corrected chi connectivity index (χ2v) is 7.29. The summed E-state index contributed by atoms with van der Waals surface area (Å²) in [6.45, 7) is 0. The lowest BCUT2D eigenvalue weighted by molar-refractivity contribution is 0.0747. The van der Waals surface area contributed by atoms with Gasteiger partial charge in [-0.25, -0.2) is 4.79 Å². The van der Waals surface area contributed by atoms with Crippen molar-refractivity contribution in [3.05, 3.63) is 96.6 Å². The van der Waals surface area contributed by atoms with Crippen molar-refractivity contribution in [3.8, 4) is 0 Å². The lowest BCUT2D eigenvalue weighted by Gasteiger charge is -2.19. The van der Waals surface area contributed by atoms with Crippen LogP contribution in [-0.4, -0.2) is 5.97 Å². The fourth-order valence-electron chi connectivity index (χ4n) is 2.25. The lowest BCUT2D eigenvalue weighted by atomic mass is 10.2. The highest BCUT2D eigenvalue weighted by Crippen LogP contribution is 2.45. The van der Waals surface area contributed by atoms with Crippen molar-refractivity contribution in [2.45, 2.75) is 0 Å². The second kappa shape index (κ2) is 6.64. The highest BCUT2D eigenvalue weighted by molar-refractivity contribution is 7.74. The van der Waals surface area contributed by atoms with Crippen LogP contribution in [0.5, 0.6) is 0 Å². The van der Waals surface area contributed by atoms with Gasteiger partial charge in [0, 0.05) is 0 Å². The molecule has 0 amide bonds. The van der Waals surface area contributed by atoms with Crippen LogP contribution >= 0.6 is 7.37 Å². The molecule has 0 spiro atoms. The molecule has 0 aromatic heterocycles. The van der Waals surface area contributed by atoms with Crippen molar-refractivity contribution in [2.75, 3.05) is 0 Å². The van der Waals surface area contributed by atoms with E-state index >= 15 is 0 Å². The molecule has 0 saturated carbocycles. The molecule has 23 heavy (non-hydrogen) atoms. The minimum atomic E-state index is -3.50. The minimum absolute atomic E-state index is 0.375. The number of rotatable bonds is 4. The molecule has 114 valence electrons. The van der Waals surface area contributed by atoms with Gasteiger partial charge in [-0.05, 0) is 36.4 Å². The average molecular weight is 322 g/mol. The second-order valence-electron chi connectivity index (χ2n) is 4.97. The maximum atomic E-state index is 13.6. The van der Waals surface area contributed by atoms with Gasteiger partial charge in [0.25, 0.3) is 0 Å². The van der Waals surface area contributed by atoms with E-state index in [2.05, 4.69) is 0 Å². The van der Waals surface area contributed by atoms with Gasteiger partial charge in [0.2, 0.25) is 0 Å². The summed E-state index contributed by atoms with van der Waals surface area (Å²) in [5, 5.41) is 0.992. The SMILES string of the molecule is O=C(OP(=O)(c1ccccc1)c1ccccc1)c1ccccc1. The molecule has 0 aliphatic carbocycles. The standard InChI is InChI=1S/C19H15O3P/c20-19(16-10-4-1-5-11-16)22-23(21,17-12-6-2-7-13-17)18-14-8-3-9-15-18/h1-15H. The van der Waals surface area contributed by atoms with E-state index < -0.39 is 13.3 Å². The Balaban J connectivity index is 2.04. The summed E-state index contributed by atoms with van der Waals surface area (Å²) >= 11 is 0. The summed E-state index contributed by atoms with van der Waals surface area (Å²) < 4.78 is 19.1. The molecule has 3 aromatic carbocycles. The molecule has 0 radical (unpaired) electrons. The van der Waals surface area contributed by atoms with Gasteiger partial charge in [-0.15, -0.1) is 0 Å². The molecule has 0 aliphatic heterocycles. The molecule has 0 N–H and O–H groups in total. The first-order chi connectivity index (χ1) is 11.2. The van der Waals surface area contributed by atoms with E-state index in [4.69, 9.17) is 4.52 Å². The number of carbonyl (C=O) groups is 1. The van der Waals surface area contributed by atoms with Crippen LogP contribution in [0.2, 0.25) is 0 Å². The van der Waals surface area contributed by atoms with Gasteiger partial charge >= 0.3 is 13.3 Å². The van der Waals surface area contributed by atoms with Crippen LogP contribution in [-0.2, 0) is 9.09 Å². The molecule has 4 heteroatoms. The van der Waals surface area contributed by atoms with Crippen LogP contribution in [0.1, 0.15) is 10.4 Å². The Morgan fingerprint density at radius 1 is 0.652 bits per heavy atom. The van der Waals surface area contributed by atoms with E-state index in [1.165, 1.54) is 0 Å². The van der Waals surface area contributed by atoms with Crippen LogP contribution < -0.4 is 10.6 Å². The van der Waals surface area contributed by atoms with Crippen LogP contribution in [0.3, 0.4) is 0 Å². The van der Waals surface area contributed by atoms with E-state index in [0.29, 0.717) is 16.2 Å². The van der Waals surface area contributed by atoms with Crippen molar-refractivity contribution in [1.29, 1.82) is 0 Å². The number of hydrogen-bond donors (Lipinski definition) is 0. The largest absolute Gasteiger partial charge is 0.401 e. The first-order valence-electron chi connectivity index (χ1n) is 7.20. The zero-order valence-electron chi connectivity index (χ0n) is 12.3. The van der Waals surface area contributed by atoms with Crippen molar-refractivity contribution in [2.24, 2.45) is 0 Å². The summed E-state index contributed by atoms with van der Waals surface area (Å²) in [5.74, 6) is -0.596. The van der Waals surface area contributed by atoms with Crippen LogP contribution in [0.25, 0.3) is 0 Å². The van der Waals surface area contributed by atoms with Crippen molar-refractivity contribution in [3.63, 3.8) is 0 Å². The third-order valence-corrected chi connectivity index (χ3v) is 5.79. The maximum Gasteiger partial charge on any atom is 0.343 e. The Morgan fingerprint density at radius 2 is 1.04 bits per heavy atom. The normalized spacial score (nSPS) is 11.0. The topological polar surface area (TPSA) is 43.4 Å². The Morgan fingerprint density at radius 3 is 1.48 bits per heavy atom. The van der Waals surface area contributed by atoms with Gasteiger partial charge in [0.05, 0.1) is 16.2 Å². The molecule has 0 heterocycles. The van der Waals surface area contributed by atoms with E-state index in [0.717, 1.165) is 0 Å². The van der Waals surface area contributed by atoms with Crippen LogP contribution in [0, 0.1) is 0 Å². The van der Waals surface area contributed by atoms with E-state index in [-0.39, 0.29) is 0 Å². The summed E-state index contributed by atoms with van der Waals surface area (Å²) in [7, 11) is -3.50. The predicted molar refractivity (Wildman–Crippen MR) is 91.6 cm³/mol. The molecular weight excluding hydrogens is 307 g/mol. The molecule has 0 bridgehead atoms. The first kappa shape index (κ1) is 15.3. The first-order valence-corrected chi connectivity index (χ1v) is 8.83. The Labute approximate surface area is 135 Å². The van der Waals surface area contributed by atoms with Crippen LogP contribution in [0.4, 0.5) is 0 Å². The molecule has 0 atom stereocenters. The van der Waals surface area contributed by atoms with Gasteiger partial charge in [0.1, 0.15) is 0 Å². The number of benzene rings is 3. The molecule has 0 unspecified atom stereocenters. The van der Waals surface area contributed by atoms with E-state index in [9.17, 15) is 9.36 Å². The van der Waals surface area contributed by atoms with Gasteiger partial charge in [-0.1, -0.05) is 54.6 Å². The zero-order valence-corrected chi connectivity index (χ0v) is 13.2. The van der Waals surface area contributed by atoms with Crippen molar-refractivity contribution < 1.29 is 13.9 Å². The fourth-order valence-corrected chi connectivity index (χ4v) is 4.22. The third-order valence-electron chi connectivity index (χ3n) is 3.41. The molecule has 0 aliphatic rings. The molecular formula is C19H15O3P. The quantitative estimate of drug-likeness (QED) is 0.687. The van der Waals surface area contributed by atoms with E-state index in [1.807, 2.05) is 18.2 Å². The maximum absolute atomic E-state index is 13.6. The smallest absolute Gasteiger partial charge is 0.343 e. The molecule has 3 aromatic rings. The van der Waals surface area contributed by atoms with Crippen molar-refractivity contribution >= 4 is 23.9 Å². The molecule has 3 rings (SSSR count). The summed E-state index contributed by atoms with van der Waals surface area (Å²) in [6, 6.07) is 26.2. The van der Waals surface area contributed by atoms with Gasteiger partial charge < -0.3 is 4.52 Å². The highest BCUT2D eigenvalue weighted by Gasteiger charge is 2.32.